The number of benzene rings is 1. The maximum atomic E-state index is 12.5. The van der Waals surface area contributed by atoms with Gasteiger partial charge in [-0.2, -0.15) is 13.2 Å². The van der Waals surface area contributed by atoms with Crippen molar-refractivity contribution in [1.82, 2.24) is 4.90 Å². The molecule has 7 heteroatoms. The first-order valence-corrected chi connectivity index (χ1v) is 7.37. The summed E-state index contributed by atoms with van der Waals surface area (Å²) in [4.78, 5) is 24.9. The summed E-state index contributed by atoms with van der Waals surface area (Å²) in [6, 6.07) is 4.39. The van der Waals surface area contributed by atoms with E-state index in [1.165, 1.54) is 17.0 Å². The molecule has 1 heterocycles. The van der Waals surface area contributed by atoms with Gasteiger partial charge in [0, 0.05) is 12.6 Å². The number of rotatable bonds is 3. The fraction of sp³-hybridized carbons (Fsp3) is 0.500. The van der Waals surface area contributed by atoms with Crippen molar-refractivity contribution in [2.45, 2.75) is 38.4 Å². The van der Waals surface area contributed by atoms with E-state index >= 15 is 0 Å². The van der Waals surface area contributed by atoms with E-state index in [-0.39, 0.29) is 24.9 Å². The zero-order chi connectivity index (χ0) is 17.2. The number of carbonyl (C=O) groups is 2. The molecule has 1 saturated heterocycles. The summed E-state index contributed by atoms with van der Waals surface area (Å²) in [5.41, 5.74) is -0.279. The van der Waals surface area contributed by atoms with Gasteiger partial charge in [0.25, 0.3) is 0 Å². The van der Waals surface area contributed by atoms with Gasteiger partial charge in [-0.3, -0.25) is 9.59 Å². The lowest BCUT2D eigenvalue weighted by atomic mass is 9.93. The van der Waals surface area contributed by atoms with Crippen LogP contribution < -0.4 is 0 Å². The highest BCUT2D eigenvalue weighted by atomic mass is 19.4. The third-order valence-corrected chi connectivity index (χ3v) is 4.19. The van der Waals surface area contributed by atoms with Crippen molar-refractivity contribution in [3.05, 3.63) is 35.4 Å². The first-order valence-electron chi connectivity index (χ1n) is 7.37. The molecule has 4 nitrogen and oxygen atoms in total. The van der Waals surface area contributed by atoms with Gasteiger partial charge in [0.05, 0.1) is 17.9 Å². The number of aliphatic carboxylic acids is 1. The van der Waals surface area contributed by atoms with Gasteiger partial charge in [0.15, 0.2) is 0 Å². The third kappa shape index (κ3) is 4.24. The van der Waals surface area contributed by atoms with E-state index < -0.39 is 23.6 Å². The largest absolute Gasteiger partial charge is 0.481 e. The van der Waals surface area contributed by atoms with Gasteiger partial charge in [-0.25, -0.2) is 0 Å². The zero-order valence-corrected chi connectivity index (χ0v) is 12.6. The van der Waals surface area contributed by atoms with E-state index in [0.29, 0.717) is 18.4 Å². The highest BCUT2D eigenvalue weighted by Gasteiger charge is 2.33. The van der Waals surface area contributed by atoms with Gasteiger partial charge >= 0.3 is 12.1 Å². The smallest absolute Gasteiger partial charge is 0.416 e. The molecule has 2 atom stereocenters. The molecule has 1 aliphatic rings. The molecule has 0 spiro atoms. The van der Waals surface area contributed by atoms with Crippen molar-refractivity contribution >= 4 is 11.9 Å². The molecular formula is C16H18F3NO3. The molecule has 1 aromatic rings. The van der Waals surface area contributed by atoms with Crippen LogP contribution in [-0.4, -0.2) is 34.5 Å². The van der Waals surface area contributed by atoms with Crippen molar-refractivity contribution in [2.24, 2.45) is 5.92 Å². The van der Waals surface area contributed by atoms with E-state index in [2.05, 4.69) is 0 Å². The highest BCUT2D eigenvalue weighted by molar-refractivity contribution is 5.80. The number of amides is 1. The third-order valence-electron chi connectivity index (χ3n) is 4.19. The molecule has 0 radical (unpaired) electrons. The number of carbonyl (C=O) groups excluding carboxylic acids is 1. The molecule has 126 valence electrons. The van der Waals surface area contributed by atoms with E-state index in [4.69, 9.17) is 5.11 Å². The van der Waals surface area contributed by atoms with Crippen molar-refractivity contribution in [2.75, 3.05) is 6.54 Å². The van der Waals surface area contributed by atoms with Crippen molar-refractivity contribution in [1.29, 1.82) is 0 Å². The second-order valence-corrected chi connectivity index (χ2v) is 5.88. The molecule has 1 N–H and O–H groups in total. The van der Waals surface area contributed by atoms with Crippen molar-refractivity contribution in [3.63, 3.8) is 0 Å². The standard InChI is InChI=1S/C16H18F3NO3/c1-10-2-5-12(15(22)23)9-20(10)14(21)8-11-3-6-13(7-4-11)16(17,18)19/h3-4,6-7,10,12H,2,5,8-9H2,1H3,(H,22,23). The molecule has 2 rings (SSSR count). The average Bonchev–Trinajstić information content (AvgIpc) is 2.47. The van der Waals surface area contributed by atoms with Crippen LogP contribution in [0.5, 0.6) is 0 Å². The highest BCUT2D eigenvalue weighted by Crippen LogP contribution is 2.29. The molecule has 2 unspecified atom stereocenters. The minimum Gasteiger partial charge on any atom is -0.481 e. The minimum atomic E-state index is -4.40. The topological polar surface area (TPSA) is 57.6 Å². The Balaban J connectivity index is 2.04. The van der Waals surface area contributed by atoms with Crippen LogP contribution in [0.3, 0.4) is 0 Å². The quantitative estimate of drug-likeness (QED) is 0.927. The van der Waals surface area contributed by atoms with Gasteiger partial charge in [0.2, 0.25) is 5.91 Å². The minimum absolute atomic E-state index is 0.0329. The molecule has 1 aliphatic heterocycles. The predicted octanol–water partition coefficient (Wildman–Crippen LogP) is 2.96. The van der Waals surface area contributed by atoms with Gasteiger partial charge in [-0.05, 0) is 37.5 Å². The number of piperidine rings is 1. The Labute approximate surface area is 131 Å². The van der Waals surface area contributed by atoms with E-state index in [0.717, 1.165) is 12.1 Å². The number of nitrogens with zero attached hydrogens (tertiary/aromatic N) is 1. The predicted molar refractivity (Wildman–Crippen MR) is 76.7 cm³/mol. The van der Waals surface area contributed by atoms with Gasteiger partial charge in [-0.15, -0.1) is 0 Å². The fourth-order valence-electron chi connectivity index (χ4n) is 2.74. The molecule has 0 bridgehead atoms. The number of likely N-dealkylation sites (tertiary alicyclic amines) is 1. The Morgan fingerprint density at radius 2 is 1.83 bits per heavy atom. The van der Waals surface area contributed by atoms with E-state index in [1.54, 1.807) is 0 Å². The van der Waals surface area contributed by atoms with E-state index in [9.17, 15) is 22.8 Å². The van der Waals surface area contributed by atoms with Crippen LogP contribution in [0.15, 0.2) is 24.3 Å². The SMILES string of the molecule is CC1CCC(C(=O)O)CN1C(=O)Cc1ccc(C(F)(F)F)cc1. The lowest BCUT2D eigenvalue weighted by molar-refractivity contribution is -0.147. The Bertz CT molecular complexity index is 583. The molecule has 1 fully saturated rings. The number of hydrogen-bond donors (Lipinski definition) is 1. The number of carboxylic acid groups (broad SMARTS) is 1. The van der Waals surface area contributed by atoms with Gasteiger partial charge in [0.1, 0.15) is 0 Å². The summed E-state index contributed by atoms with van der Waals surface area (Å²) in [5, 5.41) is 9.08. The Hall–Kier alpha value is -2.05. The molecule has 0 saturated carbocycles. The number of halogens is 3. The number of carboxylic acids is 1. The average molecular weight is 329 g/mol. The van der Waals surface area contributed by atoms with Crippen LogP contribution in [-0.2, 0) is 22.2 Å². The van der Waals surface area contributed by atoms with Gasteiger partial charge in [-0.1, -0.05) is 12.1 Å². The summed E-state index contributed by atoms with van der Waals surface area (Å²) >= 11 is 0. The van der Waals surface area contributed by atoms with Crippen molar-refractivity contribution < 1.29 is 27.9 Å². The van der Waals surface area contributed by atoms with Crippen LogP contribution in [0.2, 0.25) is 0 Å². The molecule has 1 aromatic carbocycles. The second-order valence-electron chi connectivity index (χ2n) is 5.88. The summed E-state index contributed by atoms with van der Waals surface area (Å²) in [7, 11) is 0. The van der Waals surface area contributed by atoms with Crippen LogP contribution >= 0.6 is 0 Å². The lowest BCUT2D eigenvalue weighted by Gasteiger charge is -2.36. The first kappa shape index (κ1) is 17.3. The summed E-state index contributed by atoms with van der Waals surface area (Å²) in [6.07, 6.45) is -3.30. The summed E-state index contributed by atoms with van der Waals surface area (Å²) in [6.45, 7) is 2.00. The summed E-state index contributed by atoms with van der Waals surface area (Å²) < 4.78 is 37.5. The van der Waals surface area contributed by atoms with Gasteiger partial charge < -0.3 is 10.0 Å². The maximum Gasteiger partial charge on any atom is 0.416 e. The van der Waals surface area contributed by atoms with E-state index in [1.807, 2.05) is 6.92 Å². The molecular weight excluding hydrogens is 311 g/mol. The fourth-order valence-corrected chi connectivity index (χ4v) is 2.74. The van der Waals surface area contributed by atoms with Crippen LogP contribution in [0.1, 0.15) is 30.9 Å². The Morgan fingerprint density at radius 3 is 2.35 bits per heavy atom. The molecule has 23 heavy (non-hydrogen) atoms. The van der Waals surface area contributed by atoms with Crippen LogP contribution in [0.4, 0.5) is 13.2 Å². The van der Waals surface area contributed by atoms with Crippen LogP contribution in [0.25, 0.3) is 0 Å². The maximum absolute atomic E-state index is 12.5. The Morgan fingerprint density at radius 1 is 1.22 bits per heavy atom. The number of alkyl halides is 3. The monoisotopic (exact) mass is 329 g/mol. The normalized spacial score (nSPS) is 22.0. The second kappa shape index (κ2) is 6.60. The molecule has 0 aliphatic carbocycles. The summed E-state index contributed by atoms with van der Waals surface area (Å²) in [5.74, 6) is -1.77. The zero-order valence-electron chi connectivity index (χ0n) is 12.6. The first-order chi connectivity index (χ1) is 10.7. The molecule has 1 amide bonds. The molecule has 0 aromatic heterocycles. The van der Waals surface area contributed by atoms with Crippen molar-refractivity contribution in [3.8, 4) is 0 Å². The Kier molecular flexibility index (Phi) is 4.97. The lowest BCUT2D eigenvalue weighted by Crippen LogP contribution is -2.47. The van der Waals surface area contributed by atoms with Crippen LogP contribution in [0, 0.1) is 5.92 Å². The number of hydrogen-bond acceptors (Lipinski definition) is 2.